The highest BCUT2D eigenvalue weighted by Gasteiger charge is 2.20. The molecular formula is C15H23N3O. The first kappa shape index (κ1) is 13.7. The molecule has 2 rings (SSSR count). The molecule has 0 heterocycles. The van der Waals surface area contributed by atoms with Crippen molar-refractivity contribution >= 4 is 5.96 Å². The van der Waals surface area contributed by atoms with Gasteiger partial charge in [0, 0.05) is 26.6 Å². The summed E-state index contributed by atoms with van der Waals surface area (Å²) < 4.78 is 5.30. The van der Waals surface area contributed by atoms with Gasteiger partial charge in [-0.1, -0.05) is 6.07 Å². The van der Waals surface area contributed by atoms with Crippen LogP contribution in [0, 0.1) is 0 Å². The average molecular weight is 261 g/mol. The number of benzene rings is 1. The number of nitrogens with zero attached hydrogens (tertiary/aromatic N) is 1. The molecule has 104 valence electrons. The highest BCUT2D eigenvalue weighted by Crippen LogP contribution is 2.33. The zero-order valence-electron chi connectivity index (χ0n) is 12.0. The minimum absolute atomic E-state index is 0.555. The number of hydrogen-bond donors (Lipinski definition) is 2. The van der Waals surface area contributed by atoms with Crippen molar-refractivity contribution in [1.29, 1.82) is 0 Å². The maximum Gasteiger partial charge on any atom is 0.190 e. The second-order valence-electron chi connectivity index (χ2n) is 4.86. The Labute approximate surface area is 115 Å². The number of rotatable bonds is 3. The molecule has 0 saturated heterocycles. The van der Waals surface area contributed by atoms with E-state index < -0.39 is 0 Å². The predicted octanol–water partition coefficient (Wildman–Crippen LogP) is 1.91. The number of hydrogen-bond acceptors (Lipinski definition) is 2. The maximum atomic E-state index is 5.30. The normalized spacial score (nSPS) is 18.7. The van der Waals surface area contributed by atoms with Gasteiger partial charge in [0.25, 0.3) is 0 Å². The van der Waals surface area contributed by atoms with E-state index in [4.69, 9.17) is 4.74 Å². The van der Waals surface area contributed by atoms with E-state index in [1.165, 1.54) is 24.0 Å². The van der Waals surface area contributed by atoms with Gasteiger partial charge in [-0.15, -0.1) is 0 Å². The molecule has 0 radical (unpaired) electrons. The quantitative estimate of drug-likeness (QED) is 0.645. The monoisotopic (exact) mass is 261 g/mol. The molecular weight excluding hydrogens is 238 g/mol. The van der Waals surface area contributed by atoms with Gasteiger partial charge in [0.1, 0.15) is 5.75 Å². The second-order valence-corrected chi connectivity index (χ2v) is 4.86. The van der Waals surface area contributed by atoms with E-state index in [0.717, 1.165) is 24.7 Å². The van der Waals surface area contributed by atoms with Gasteiger partial charge < -0.3 is 15.4 Å². The summed E-state index contributed by atoms with van der Waals surface area (Å²) in [4.78, 5) is 4.15. The van der Waals surface area contributed by atoms with Crippen LogP contribution >= 0.6 is 0 Å². The van der Waals surface area contributed by atoms with E-state index in [-0.39, 0.29) is 0 Å². The van der Waals surface area contributed by atoms with Gasteiger partial charge in [0.2, 0.25) is 0 Å². The van der Waals surface area contributed by atoms with E-state index in [1.807, 2.05) is 7.05 Å². The smallest absolute Gasteiger partial charge is 0.190 e. The van der Waals surface area contributed by atoms with E-state index >= 15 is 0 Å². The summed E-state index contributed by atoms with van der Waals surface area (Å²) in [6.45, 7) is 0.923. The Kier molecular flexibility index (Phi) is 4.66. The third-order valence-corrected chi connectivity index (χ3v) is 3.76. The van der Waals surface area contributed by atoms with Crippen molar-refractivity contribution in [2.24, 2.45) is 4.99 Å². The number of fused-ring (bicyclic) bond motifs is 1. The number of aryl methyl sites for hydroxylation is 1. The maximum absolute atomic E-state index is 5.30. The number of ether oxygens (including phenoxy) is 1. The minimum atomic E-state index is 0.555. The first-order chi connectivity index (χ1) is 9.28. The van der Waals surface area contributed by atoms with Crippen molar-refractivity contribution in [3.8, 4) is 5.75 Å². The lowest BCUT2D eigenvalue weighted by Gasteiger charge is -2.26. The average Bonchev–Trinajstić information content (AvgIpc) is 2.47. The van der Waals surface area contributed by atoms with Crippen LogP contribution in [0.15, 0.2) is 23.2 Å². The van der Waals surface area contributed by atoms with Gasteiger partial charge >= 0.3 is 0 Å². The minimum Gasteiger partial charge on any atom is -0.497 e. The first-order valence-electron chi connectivity index (χ1n) is 6.83. The van der Waals surface area contributed by atoms with Crippen molar-refractivity contribution in [2.75, 3.05) is 27.7 Å². The Balaban J connectivity index is 2.09. The molecule has 0 spiro atoms. The van der Waals surface area contributed by atoms with Crippen molar-refractivity contribution in [3.05, 3.63) is 29.3 Å². The Morgan fingerprint density at radius 2 is 2.32 bits per heavy atom. The van der Waals surface area contributed by atoms with Crippen LogP contribution in [0.25, 0.3) is 0 Å². The summed E-state index contributed by atoms with van der Waals surface area (Å²) in [5.74, 6) is 2.36. The molecule has 0 amide bonds. The Bertz CT molecular complexity index is 457. The molecule has 1 aliphatic rings. The van der Waals surface area contributed by atoms with Gasteiger partial charge in [0.05, 0.1) is 7.11 Å². The molecule has 0 aliphatic heterocycles. The fourth-order valence-electron chi connectivity index (χ4n) is 2.73. The molecule has 1 aromatic carbocycles. The SMILES string of the molecule is CN=C(NC)NCC1CCCc2cc(OC)ccc21. The summed E-state index contributed by atoms with van der Waals surface area (Å²) >= 11 is 0. The largest absolute Gasteiger partial charge is 0.497 e. The Hall–Kier alpha value is -1.71. The number of methoxy groups -OCH3 is 1. The summed E-state index contributed by atoms with van der Waals surface area (Å²) in [7, 11) is 5.40. The Morgan fingerprint density at radius 1 is 1.47 bits per heavy atom. The second kappa shape index (κ2) is 6.45. The third-order valence-electron chi connectivity index (χ3n) is 3.76. The van der Waals surface area contributed by atoms with Crippen molar-refractivity contribution in [3.63, 3.8) is 0 Å². The molecule has 4 heteroatoms. The van der Waals surface area contributed by atoms with Crippen LogP contribution in [-0.2, 0) is 6.42 Å². The molecule has 0 aromatic heterocycles. The van der Waals surface area contributed by atoms with Crippen LogP contribution in [0.1, 0.15) is 29.9 Å². The predicted molar refractivity (Wildman–Crippen MR) is 79.1 cm³/mol. The summed E-state index contributed by atoms with van der Waals surface area (Å²) in [6, 6.07) is 6.44. The lowest BCUT2D eigenvalue weighted by atomic mass is 9.82. The fraction of sp³-hybridized carbons (Fsp3) is 0.533. The molecule has 1 aliphatic carbocycles. The fourth-order valence-corrected chi connectivity index (χ4v) is 2.73. The van der Waals surface area contributed by atoms with Crippen LogP contribution in [-0.4, -0.2) is 33.7 Å². The molecule has 0 bridgehead atoms. The van der Waals surface area contributed by atoms with E-state index in [0.29, 0.717) is 5.92 Å². The van der Waals surface area contributed by atoms with Crippen LogP contribution in [0.3, 0.4) is 0 Å². The lowest BCUT2D eigenvalue weighted by Crippen LogP contribution is -2.37. The van der Waals surface area contributed by atoms with Gasteiger partial charge in [-0.3, -0.25) is 4.99 Å². The number of nitrogens with one attached hydrogen (secondary N) is 2. The van der Waals surface area contributed by atoms with Gasteiger partial charge in [-0.05, 0) is 42.5 Å². The standard InChI is InChI=1S/C15H23N3O/c1-16-15(17-2)18-10-12-6-4-5-11-9-13(19-3)7-8-14(11)12/h7-9,12H,4-6,10H2,1-3H3,(H2,16,17,18). The molecule has 1 atom stereocenters. The molecule has 19 heavy (non-hydrogen) atoms. The highest BCUT2D eigenvalue weighted by atomic mass is 16.5. The summed E-state index contributed by atoms with van der Waals surface area (Å²) in [6.07, 6.45) is 3.63. The van der Waals surface area contributed by atoms with Crippen molar-refractivity contribution in [1.82, 2.24) is 10.6 Å². The van der Waals surface area contributed by atoms with Gasteiger partial charge in [-0.25, -0.2) is 0 Å². The highest BCUT2D eigenvalue weighted by molar-refractivity contribution is 5.79. The zero-order chi connectivity index (χ0) is 13.7. The molecule has 0 fully saturated rings. The topological polar surface area (TPSA) is 45.7 Å². The van der Waals surface area contributed by atoms with Crippen molar-refractivity contribution in [2.45, 2.75) is 25.2 Å². The molecule has 4 nitrogen and oxygen atoms in total. The zero-order valence-corrected chi connectivity index (χ0v) is 12.0. The van der Waals surface area contributed by atoms with Crippen LogP contribution < -0.4 is 15.4 Å². The van der Waals surface area contributed by atoms with Crippen LogP contribution in [0.2, 0.25) is 0 Å². The molecule has 2 N–H and O–H groups in total. The summed E-state index contributed by atoms with van der Waals surface area (Å²) in [5, 5.41) is 6.42. The third kappa shape index (κ3) is 3.19. The molecule has 1 aromatic rings. The molecule has 1 unspecified atom stereocenters. The van der Waals surface area contributed by atoms with E-state index in [9.17, 15) is 0 Å². The van der Waals surface area contributed by atoms with E-state index in [2.05, 4.69) is 33.8 Å². The molecule has 0 saturated carbocycles. The van der Waals surface area contributed by atoms with Crippen LogP contribution in [0.5, 0.6) is 5.75 Å². The van der Waals surface area contributed by atoms with E-state index in [1.54, 1.807) is 14.2 Å². The van der Waals surface area contributed by atoms with Gasteiger partial charge in [-0.2, -0.15) is 0 Å². The summed E-state index contributed by atoms with van der Waals surface area (Å²) in [5.41, 5.74) is 2.88. The van der Waals surface area contributed by atoms with Gasteiger partial charge in [0.15, 0.2) is 5.96 Å². The number of aliphatic imine (C=N–C) groups is 1. The van der Waals surface area contributed by atoms with Crippen molar-refractivity contribution < 1.29 is 4.74 Å². The lowest BCUT2D eigenvalue weighted by molar-refractivity contribution is 0.412. The first-order valence-corrected chi connectivity index (χ1v) is 6.83. The van der Waals surface area contributed by atoms with Crippen LogP contribution in [0.4, 0.5) is 0 Å². The Morgan fingerprint density at radius 3 is 3.00 bits per heavy atom. The number of guanidine groups is 1.